The third-order valence-corrected chi connectivity index (χ3v) is 3.96. The van der Waals surface area contributed by atoms with Crippen LogP contribution in [0.4, 0.5) is 0 Å². The predicted molar refractivity (Wildman–Crippen MR) is 93.8 cm³/mol. The summed E-state index contributed by atoms with van der Waals surface area (Å²) >= 11 is 0. The Labute approximate surface area is 145 Å². The van der Waals surface area contributed by atoms with Gasteiger partial charge in [0.2, 0.25) is 5.90 Å². The number of carbonyl (C=O) groups excluding carboxylic acids is 1. The summed E-state index contributed by atoms with van der Waals surface area (Å²) in [7, 11) is 0. The first kappa shape index (κ1) is 15.4. The van der Waals surface area contributed by atoms with Gasteiger partial charge in [-0.25, -0.2) is 9.79 Å². The number of esters is 1. The van der Waals surface area contributed by atoms with Crippen molar-refractivity contribution in [1.82, 2.24) is 0 Å². The van der Waals surface area contributed by atoms with Crippen LogP contribution in [0.1, 0.15) is 23.1 Å². The minimum Gasteiger partial charge on any atom is -0.490 e. The topological polar surface area (TPSA) is 57.1 Å². The normalized spacial score (nSPS) is 17.9. The summed E-state index contributed by atoms with van der Waals surface area (Å²) in [6.07, 6.45) is 2.54. The number of nitrogens with zero attached hydrogens (tertiary/aromatic N) is 1. The average molecular weight is 335 g/mol. The van der Waals surface area contributed by atoms with Crippen LogP contribution < -0.4 is 9.47 Å². The van der Waals surface area contributed by atoms with Crippen molar-refractivity contribution in [3.8, 4) is 11.5 Å². The van der Waals surface area contributed by atoms with Gasteiger partial charge in [0.15, 0.2) is 17.2 Å². The molecule has 0 aliphatic carbocycles. The smallest absolute Gasteiger partial charge is 0.363 e. The van der Waals surface area contributed by atoms with Gasteiger partial charge in [0.25, 0.3) is 0 Å². The van der Waals surface area contributed by atoms with E-state index in [0.29, 0.717) is 24.9 Å². The van der Waals surface area contributed by atoms with Gasteiger partial charge in [0, 0.05) is 12.0 Å². The van der Waals surface area contributed by atoms with Crippen LogP contribution in [0.3, 0.4) is 0 Å². The molecule has 0 spiro atoms. The molecule has 25 heavy (non-hydrogen) atoms. The van der Waals surface area contributed by atoms with E-state index in [1.165, 1.54) is 0 Å². The fourth-order valence-electron chi connectivity index (χ4n) is 2.74. The van der Waals surface area contributed by atoms with E-state index in [1.54, 1.807) is 6.08 Å². The Kier molecular flexibility index (Phi) is 3.98. The van der Waals surface area contributed by atoms with Gasteiger partial charge in [0.05, 0.1) is 13.2 Å². The van der Waals surface area contributed by atoms with Crippen molar-refractivity contribution in [1.29, 1.82) is 0 Å². The highest BCUT2D eigenvalue weighted by Gasteiger charge is 2.24. The predicted octanol–water partition coefficient (Wildman–Crippen LogP) is 3.50. The Balaban J connectivity index is 1.65. The fourth-order valence-corrected chi connectivity index (χ4v) is 2.74. The van der Waals surface area contributed by atoms with Gasteiger partial charge in [-0.3, -0.25) is 0 Å². The zero-order valence-corrected chi connectivity index (χ0v) is 13.8. The summed E-state index contributed by atoms with van der Waals surface area (Å²) in [4.78, 5) is 16.5. The number of fused-ring (bicyclic) bond motifs is 1. The van der Waals surface area contributed by atoms with Crippen LogP contribution in [0.5, 0.6) is 11.5 Å². The summed E-state index contributed by atoms with van der Waals surface area (Å²) in [5.41, 5.74) is 2.95. The molecule has 5 heteroatoms. The molecular formula is C20H17NO4. The maximum Gasteiger partial charge on any atom is 0.363 e. The second-order valence-corrected chi connectivity index (χ2v) is 5.96. The number of carbonyl (C=O) groups is 1. The van der Waals surface area contributed by atoms with Crippen LogP contribution >= 0.6 is 0 Å². The van der Waals surface area contributed by atoms with Gasteiger partial charge >= 0.3 is 5.97 Å². The monoisotopic (exact) mass is 335 g/mol. The van der Waals surface area contributed by atoms with E-state index in [4.69, 9.17) is 14.2 Å². The van der Waals surface area contributed by atoms with Crippen molar-refractivity contribution in [2.45, 2.75) is 13.3 Å². The highest BCUT2D eigenvalue weighted by molar-refractivity contribution is 6.12. The highest BCUT2D eigenvalue weighted by Crippen LogP contribution is 2.31. The number of rotatable bonds is 2. The van der Waals surface area contributed by atoms with Crippen LogP contribution in [0.2, 0.25) is 0 Å². The molecule has 0 N–H and O–H groups in total. The number of aryl methyl sites for hydroxylation is 1. The number of ether oxygens (including phenoxy) is 3. The molecule has 0 fully saturated rings. The lowest BCUT2D eigenvalue weighted by atomic mass is 10.1. The first-order valence-corrected chi connectivity index (χ1v) is 8.18. The molecule has 5 nitrogen and oxygen atoms in total. The molecule has 0 aromatic heterocycles. The van der Waals surface area contributed by atoms with Crippen molar-refractivity contribution in [2.24, 2.45) is 4.99 Å². The molecule has 0 saturated heterocycles. The van der Waals surface area contributed by atoms with E-state index in [-0.39, 0.29) is 5.70 Å². The Hall–Kier alpha value is -3.08. The van der Waals surface area contributed by atoms with Gasteiger partial charge in [0.1, 0.15) is 0 Å². The lowest BCUT2D eigenvalue weighted by molar-refractivity contribution is -0.129. The van der Waals surface area contributed by atoms with Crippen LogP contribution in [-0.2, 0) is 9.53 Å². The summed E-state index contributed by atoms with van der Waals surface area (Å²) in [6, 6.07) is 13.3. The summed E-state index contributed by atoms with van der Waals surface area (Å²) in [6.45, 7) is 3.24. The minimum atomic E-state index is -0.455. The van der Waals surface area contributed by atoms with Crippen molar-refractivity contribution >= 4 is 17.9 Å². The van der Waals surface area contributed by atoms with Crippen molar-refractivity contribution in [2.75, 3.05) is 13.2 Å². The molecular weight excluding hydrogens is 318 g/mol. The maximum atomic E-state index is 12.1. The number of aliphatic imine (C=N–C) groups is 1. The highest BCUT2D eigenvalue weighted by atomic mass is 16.6. The molecule has 0 saturated carbocycles. The molecule has 2 aromatic rings. The molecule has 0 radical (unpaired) electrons. The molecule has 126 valence electrons. The molecule has 4 rings (SSSR count). The number of cyclic esters (lactones) is 1. The van der Waals surface area contributed by atoms with Gasteiger partial charge < -0.3 is 14.2 Å². The molecule has 0 unspecified atom stereocenters. The third kappa shape index (κ3) is 3.26. The van der Waals surface area contributed by atoms with E-state index < -0.39 is 5.97 Å². The summed E-state index contributed by atoms with van der Waals surface area (Å²) in [5.74, 6) is 1.27. The first-order chi connectivity index (χ1) is 12.2. The van der Waals surface area contributed by atoms with E-state index in [1.807, 2.05) is 49.4 Å². The Morgan fingerprint density at radius 3 is 2.72 bits per heavy atom. The molecule has 0 bridgehead atoms. The lowest BCUT2D eigenvalue weighted by Gasteiger charge is -2.07. The van der Waals surface area contributed by atoms with E-state index in [2.05, 4.69) is 4.99 Å². The molecule has 2 aliphatic rings. The fraction of sp³-hybridized carbons (Fsp3) is 0.200. The van der Waals surface area contributed by atoms with Crippen LogP contribution in [0, 0.1) is 6.92 Å². The van der Waals surface area contributed by atoms with Gasteiger partial charge in [-0.2, -0.15) is 0 Å². The van der Waals surface area contributed by atoms with Crippen molar-refractivity contribution in [3.63, 3.8) is 0 Å². The molecule has 2 aliphatic heterocycles. The average Bonchev–Trinajstić information content (AvgIpc) is 2.82. The Bertz CT molecular complexity index is 898. The number of hydrogen-bond acceptors (Lipinski definition) is 5. The SMILES string of the molecule is Cc1cccc(C2=N/C(=C/c3ccc4c(c3)OCCCO4)C(=O)O2)c1. The van der Waals surface area contributed by atoms with E-state index in [0.717, 1.165) is 28.9 Å². The Morgan fingerprint density at radius 1 is 1.04 bits per heavy atom. The number of benzene rings is 2. The quantitative estimate of drug-likeness (QED) is 0.622. The molecule has 2 heterocycles. The lowest BCUT2D eigenvalue weighted by Crippen LogP contribution is -2.05. The minimum absolute atomic E-state index is 0.269. The largest absolute Gasteiger partial charge is 0.490 e. The zero-order chi connectivity index (χ0) is 17.2. The Morgan fingerprint density at radius 2 is 1.88 bits per heavy atom. The van der Waals surface area contributed by atoms with E-state index >= 15 is 0 Å². The van der Waals surface area contributed by atoms with Gasteiger partial charge in [-0.1, -0.05) is 23.8 Å². The first-order valence-electron chi connectivity index (χ1n) is 8.18. The molecule has 0 amide bonds. The second-order valence-electron chi connectivity index (χ2n) is 5.96. The van der Waals surface area contributed by atoms with E-state index in [9.17, 15) is 4.79 Å². The van der Waals surface area contributed by atoms with Crippen molar-refractivity contribution in [3.05, 3.63) is 64.9 Å². The third-order valence-electron chi connectivity index (χ3n) is 3.96. The molecule has 2 aromatic carbocycles. The van der Waals surface area contributed by atoms with Gasteiger partial charge in [-0.05, 0) is 42.8 Å². The van der Waals surface area contributed by atoms with Crippen molar-refractivity contribution < 1.29 is 19.0 Å². The van der Waals surface area contributed by atoms with Crippen LogP contribution in [0.25, 0.3) is 6.08 Å². The van der Waals surface area contributed by atoms with Crippen LogP contribution in [0.15, 0.2) is 53.2 Å². The zero-order valence-electron chi connectivity index (χ0n) is 13.8. The number of hydrogen-bond donors (Lipinski definition) is 0. The second kappa shape index (κ2) is 6.43. The van der Waals surface area contributed by atoms with Gasteiger partial charge in [-0.15, -0.1) is 0 Å². The van der Waals surface area contributed by atoms with Crippen LogP contribution in [-0.4, -0.2) is 25.1 Å². The summed E-state index contributed by atoms with van der Waals surface area (Å²) in [5, 5.41) is 0. The molecule has 0 atom stereocenters. The standard InChI is InChI=1S/C20H17NO4/c1-13-4-2-5-15(10-13)19-21-16(20(22)25-19)11-14-6-7-17-18(12-14)24-9-3-8-23-17/h2,4-7,10-12H,3,8-9H2,1H3/b16-11+. The maximum absolute atomic E-state index is 12.1. The summed E-state index contributed by atoms with van der Waals surface area (Å²) < 4.78 is 16.6.